The average Bonchev–Trinajstić information content (AvgIpc) is 2.93. The molecule has 0 radical (unpaired) electrons. The van der Waals surface area contributed by atoms with Gasteiger partial charge in [0, 0.05) is 23.0 Å². The third kappa shape index (κ3) is 2.53. The molecule has 3 nitrogen and oxygen atoms in total. The van der Waals surface area contributed by atoms with E-state index in [-0.39, 0.29) is 5.56 Å². The molecule has 0 aliphatic carbocycles. The summed E-state index contributed by atoms with van der Waals surface area (Å²) < 4.78 is 15.7. The van der Waals surface area contributed by atoms with E-state index in [1.807, 2.05) is 6.92 Å². The first-order valence-corrected chi connectivity index (χ1v) is 7.05. The van der Waals surface area contributed by atoms with E-state index in [1.165, 1.54) is 12.1 Å². The molecule has 0 bridgehead atoms. The van der Waals surface area contributed by atoms with Gasteiger partial charge in [0.25, 0.3) is 0 Å². The second-order valence-corrected chi connectivity index (χ2v) is 5.25. The third-order valence-electron chi connectivity index (χ3n) is 3.41. The number of hydrogen-bond donors (Lipinski definition) is 0. The van der Waals surface area contributed by atoms with E-state index in [0.717, 1.165) is 5.82 Å². The summed E-state index contributed by atoms with van der Waals surface area (Å²) in [5.41, 5.74) is 0.968. The number of rotatable bonds is 3. The van der Waals surface area contributed by atoms with Crippen LogP contribution in [0.4, 0.5) is 4.39 Å². The highest BCUT2D eigenvalue weighted by Crippen LogP contribution is 2.24. The van der Waals surface area contributed by atoms with Crippen LogP contribution in [0.2, 0.25) is 5.02 Å². The van der Waals surface area contributed by atoms with Gasteiger partial charge in [-0.05, 0) is 37.3 Å². The number of aromatic nitrogens is 2. The SMILES string of the molecule is Cc1nccn1-c1ccc(Cl)cc1C(=O)c1ccccc1F. The summed E-state index contributed by atoms with van der Waals surface area (Å²) in [5.74, 6) is -0.241. The molecule has 0 aliphatic rings. The monoisotopic (exact) mass is 314 g/mol. The first kappa shape index (κ1) is 14.5. The van der Waals surface area contributed by atoms with Crippen LogP contribution in [0.5, 0.6) is 0 Å². The number of imidazole rings is 1. The highest BCUT2D eigenvalue weighted by molar-refractivity contribution is 6.31. The zero-order valence-electron chi connectivity index (χ0n) is 11.8. The Morgan fingerprint density at radius 2 is 1.95 bits per heavy atom. The van der Waals surface area contributed by atoms with Crippen molar-refractivity contribution in [2.75, 3.05) is 0 Å². The number of ketones is 1. The van der Waals surface area contributed by atoms with Crippen LogP contribution < -0.4 is 0 Å². The molecular formula is C17H12ClFN2O. The molecule has 0 N–H and O–H groups in total. The van der Waals surface area contributed by atoms with Gasteiger partial charge in [-0.3, -0.25) is 4.79 Å². The molecule has 22 heavy (non-hydrogen) atoms. The van der Waals surface area contributed by atoms with Crippen LogP contribution >= 0.6 is 11.6 Å². The molecule has 3 aromatic rings. The predicted octanol–water partition coefficient (Wildman–Crippen LogP) is 4.20. The minimum absolute atomic E-state index is 0.0174. The largest absolute Gasteiger partial charge is 0.303 e. The second-order valence-electron chi connectivity index (χ2n) is 4.81. The lowest BCUT2D eigenvalue weighted by atomic mass is 10.0. The zero-order valence-corrected chi connectivity index (χ0v) is 12.5. The van der Waals surface area contributed by atoms with Gasteiger partial charge >= 0.3 is 0 Å². The number of nitrogens with zero attached hydrogens (tertiary/aromatic N) is 2. The third-order valence-corrected chi connectivity index (χ3v) is 3.64. The summed E-state index contributed by atoms with van der Waals surface area (Å²) in [6, 6.07) is 10.9. The van der Waals surface area contributed by atoms with E-state index in [4.69, 9.17) is 11.6 Å². The predicted molar refractivity (Wildman–Crippen MR) is 83.1 cm³/mol. The Kier molecular flexibility index (Phi) is 3.77. The van der Waals surface area contributed by atoms with Crippen molar-refractivity contribution in [3.05, 3.63) is 82.6 Å². The van der Waals surface area contributed by atoms with Crippen LogP contribution in [0.3, 0.4) is 0 Å². The number of hydrogen-bond acceptors (Lipinski definition) is 2. The molecule has 0 amide bonds. The Morgan fingerprint density at radius 1 is 1.18 bits per heavy atom. The normalized spacial score (nSPS) is 10.7. The molecular weight excluding hydrogens is 303 g/mol. The quantitative estimate of drug-likeness (QED) is 0.679. The van der Waals surface area contributed by atoms with Crippen molar-refractivity contribution >= 4 is 17.4 Å². The van der Waals surface area contributed by atoms with Crippen molar-refractivity contribution in [2.24, 2.45) is 0 Å². The lowest BCUT2D eigenvalue weighted by molar-refractivity contribution is 0.103. The molecule has 0 fully saturated rings. The van der Waals surface area contributed by atoms with E-state index in [2.05, 4.69) is 4.98 Å². The van der Waals surface area contributed by atoms with E-state index < -0.39 is 11.6 Å². The van der Waals surface area contributed by atoms with Crippen LogP contribution in [0.25, 0.3) is 5.69 Å². The van der Waals surface area contributed by atoms with Crippen LogP contribution in [0, 0.1) is 12.7 Å². The number of halogens is 2. The minimum atomic E-state index is -0.555. The van der Waals surface area contributed by atoms with Crippen LogP contribution in [0.15, 0.2) is 54.9 Å². The number of benzene rings is 2. The molecule has 2 aromatic carbocycles. The fraction of sp³-hybridized carbons (Fsp3) is 0.0588. The van der Waals surface area contributed by atoms with Gasteiger partial charge in [-0.2, -0.15) is 0 Å². The van der Waals surface area contributed by atoms with Gasteiger partial charge in [-0.25, -0.2) is 9.37 Å². The van der Waals surface area contributed by atoms with Crippen LogP contribution in [-0.4, -0.2) is 15.3 Å². The molecule has 110 valence electrons. The fourth-order valence-corrected chi connectivity index (χ4v) is 2.50. The summed E-state index contributed by atoms with van der Waals surface area (Å²) in [5, 5.41) is 0.418. The molecule has 0 aliphatic heterocycles. The van der Waals surface area contributed by atoms with Crippen molar-refractivity contribution in [2.45, 2.75) is 6.92 Å². The molecule has 0 saturated heterocycles. The van der Waals surface area contributed by atoms with Crippen molar-refractivity contribution in [3.63, 3.8) is 0 Å². The van der Waals surface area contributed by atoms with Crippen LogP contribution in [-0.2, 0) is 0 Å². The summed E-state index contributed by atoms with van der Waals surface area (Å²) >= 11 is 6.02. The van der Waals surface area contributed by atoms with Gasteiger partial charge in [0.1, 0.15) is 11.6 Å². The molecule has 1 aromatic heterocycles. The van der Waals surface area contributed by atoms with E-state index >= 15 is 0 Å². The number of aryl methyl sites for hydroxylation is 1. The maximum atomic E-state index is 13.9. The topological polar surface area (TPSA) is 34.9 Å². The summed E-state index contributed by atoms with van der Waals surface area (Å²) in [7, 11) is 0. The Balaban J connectivity index is 2.19. The van der Waals surface area contributed by atoms with Gasteiger partial charge < -0.3 is 4.57 Å². The maximum absolute atomic E-state index is 13.9. The van der Waals surface area contributed by atoms with E-state index in [9.17, 15) is 9.18 Å². The Labute approximate surface area is 132 Å². The van der Waals surface area contributed by atoms with Gasteiger partial charge in [0.15, 0.2) is 5.78 Å². The minimum Gasteiger partial charge on any atom is -0.303 e. The van der Waals surface area contributed by atoms with Gasteiger partial charge in [-0.1, -0.05) is 23.7 Å². The molecule has 0 spiro atoms. The van der Waals surface area contributed by atoms with Crippen LogP contribution in [0.1, 0.15) is 21.7 Å². The average molecular weight is 315 g/mol. The molecule has 0 saturated carbocycles. The van der Waals surface area contributed by atoms with Gasteiger partial charge in [0.2, 0.25) is 0 Å². The molecule has 5 heteroatoms. The van der Waals surface area contributed by atoms with Crippen molar-refractivity contribution in [1.82, 2.24) is 9.55 Å². The fourth-order valence-electron chi connectivity index (χ4n) is 2.32. The van der Waals surface area contributed by atoms with Gasteiger partial charge in [0.05, 0.1) is 11.3 Å². The Hall–Kier alpha value is -2.46. The number of carbonyl (C=O) groups excluding carboxylic acids is 1. The van der Waals surface area contributed by atoms with Crippen molar-refractivity contribution < 1.29 is 9.18 Å². The molecule has 1 heterocycles. The Morgan fingerprint density at radius 3 is 2.64 bits per heavy atom. The van der Waals surface area contributed by atoms with Gasteiger partial charge in [-0.15, -0.1) is 0 Å². The van der Waals surface area contributed by atoms with Crippen molar-refractivity contribution in [1.29, 1.82) is 0 Å². The molecule has 0 unspecified atom stereocenters. The lowest BCUT2D eigenvalue weighted by Crippen LogP contribution is -2.09. The summed E-state index contributed by atoms with van der Waals surface area (Å²) in [4.78, 5) is 16.9. The van der Waals surface area contributed by atoms with E-state index in [1.54, 1.807) is 47.3 Å². The maximum Gasteiger partial charge on any atom is 0.198 e. The van der Waals surface area contributed by atoms with Crippen molar-refractivity contribution in [3.8, 4) is 5.69 Å². The smallest absolute Gasteiger partial charge is 0.198 e. The highest BCUT2D eigenvalue weighted by atomic mass is 35.5. The first-order valence-electron chi connectivity index (χ1n) is 6.67. The zero-order chi connectivity index (χ0) is 15.7. The summed E-state index contributed by atoms with van der Waals surface area (Å²) in [6.45, 7) is 1.83. The summed E-state index contributed by atoms with van der Waals surface area (Å²) in [6.07, 6.45) is 3.39. The standard InChI is InChI=1S/C17H12ClFN2O/c1-11-20-8-9-21(11)16-7-6-12(18)10-14(16)17(22)13-4-2-3-5-15(13)19/h2-10H,1H3. The Bertz CT molecular complexity index is 857. The van der Waals surface area contributed by atoms with E-state index in [0.29, 0.717) is 16.3 Å². The highest BCUT2D eigenvalue weighted by Gasteiger charge is 2.19. The molecule has 0 atom stereocenters. The first-order chi connectivity index (χ1) is 10.6. The lowest BCUT2D eigenvalue weighted by Gasteiger charge is -2.12. The number of carbonyl (C=O) groups is 1. The molecule has 3 rings (SSSR count). The second kappa shape index (κ2) is 5.73.